The number of imide groups is 1. The van der Waals surface area contributed by atoms with E-state index in [2.05, 4.69) is 17.5 Å². The van der Waals surface area contributed by atoms with Gasteiger partial charge in [-0.3, -0.25) is 19.3 Å². The van der Waals surface area contributed by atoms with Crippen LogP contribution in [0.3, 0.4) is 0 Å². The summed E-state index contributed by atoms with van der Waals surface area (Å²) in [5, 5.41) is 3.53. The van der Waals surface area contributed by atoms with Crippen LogP contribution in [0, 0.1) is 35.5 Å². The molecular formula is C20H18Cl2N2O3. The van der Waals surface area contributed by atoms with Crippen LogP contribution >= 0.6 is 23.2 Å². The van der Waals surface area contributed by atoms with E-state index < -0.39 is 0 Å². The van der Waals surface area contributed by atoms with Gasteiger partial charge in [0.1, 0.15) is 0 Å². The first-order chi connectivity index (χ1) is 13.0. The van der Waals surface area contributed by atoms with Crippen molar-refractivity contribution in [1.82, 2.24) is 4.90 Å². The molecule has 2 bridgehead atoms. The molecule has 6 rings (SSSR count). The van der Waals surface area contributed by atoms with Gasteiger partial charge in [0.05, 0.1) is 22.5 Å². The Balaban J connectivity index is 1.25. The predicted molar refractivity (Wildman–Crippen MR) is 101 cm³/mol. The molecule has 5 nitrogen and oxygen atoms in total. The van der Waals surface area contributed by atoms with Crippen molar-refractivity contribution in [3.05, 3.63) is 40.4 Å². The zero-order valence-electron chi connectivity index (χ0n) is 14.4. The number of hydrogen-bond donors (Lipinski definition) is 1. The zero-order valence-corrected chi connectivity index (χ0v) is 15.9. The molecule has 0 aromatic heterocycles. The van der Waals surface area contributed by atoms with Crippen LogP contribution in [0.15, 0.2) is 30.4 Å². The highest BCUT2D eigenvalue weighted by molar-refractivity contribution is 6.36. The molecule has 2 saturated carbocycles. The van der Waals surface area contributed by atoms with Crippen molar-refractivity contribution in [3.8, 4) is 0 Å². The summed E-state index contributed by atoms with van der Waals surface area (Å²) in [7, 11) is 0. The topological polar surface area (TPSA) is 66.5 Å². The average molecular weight is 405 g/mol. The number of amides is 3. The first-order valence-electron chi connectivity index (χ1n) is 9.24. The predicted octanol–water partition coefficient (Wildman–Crippen LogP) is 3.38. The van der Waals surface area contributed by atoms with Crippen LogP contribution in [0.4, 0.5) is 5.69 Å². The molecule has 1 aromatic carbocycles. The van der Waals surface area contributed by atoms with Crippen LogP contribution in [0.1, 0.15) is 12.8 Å². The fraction of sp³-hybridized carbons (Fsp3) is 0.450. The Morgan fingerprint density at radius 1 is 1.07 bits per heavy atom. The molecule has 1 N–H and O–H groups in total. The van der Waals surface area contributed by atoms with Crippen molar-refractivity contribution in [3.63, 3.8) is 0 Å². The van der Waals surface area contributed by atoms with Crippen molar-refractivity contribution in [2.45, 2.75) is 12.8 Å². The fourth-order valence-corrected chi connectivity index (χ4v) is 5.71. The molecule has 1 heterocycles. The van der Waals surface area contributed by atoms with Crippen molar-refractivity contribution in [1.29, 1.82) is 0 Å². The maximum Gasteiger partial charge on any atom is 0.233 e. The molecule has 0 radical (unpaired) electrons. The molecule has 5 aliphatic rings. The molecule has 140 valence electrons. The van der Waals surface area contributed by atoms with Gasteiger partial charge >= 0.3 is 0 Å². The van der Waals surface area contributed by atoms with Crippen molar-refractivity contribution < 1.29 is 14.4 Å². The quantitative estimate of drug-likeness (QED) is 0.617. The highest BCUT2D eigenvalue weighted by Crippen LogP contribution is 2.65. The molecular weight excluding hydrogens is 387 g/mol. The molecule has 1 aliphatic heterocycles. The van der Waals surface area contributed by atoms with Gasteiger partial charge in [-0.2, -0.15) is 0 Å². The van der Waals surface area contributed by atoms with Gasteiger partial charge in [-0.25, -0.2) is 0 Å². The third kappa shape index (κ3) is 2.63. The molecule has 3 amide bonds. The summed E-state index contributed by atoms with van der Waals surface area (Å²) in [5.74, 6) is 0.621. The van der Waals surface area contributed by atoms with Crippen molar-refractivity contribution >= 4 is 46.6 Å². The van der Waals surface area contributed by atoms with E-state index in [0.717, 1.165) is 6.42 Å². The number of allylic oxidation sites excluding steroid dienone is 2. The molecule has 0 unspecified atom stereocenters. The molecule has 0 spiro atoms. The zero-order chi connectivity index (χ0) is 18.9. The SMILES string of the molecule is O=C(CCN1C(=O)[C@@H]2[C@H]3C=C[C@@H]([C@@H]4C[C@@H]34)[C@H]2C1=O)Nc1ccc(Cl)cc1Cl. The third-order valence-electron chi connectivity index (χ3n) is 6.52. The van der Waals surface area contributed by atoms with Gasteiger partial charge in [0.25, 0.3) is 0 Å². The number of benzene rings is 1. The molecule has 1 saturated heterocycles. The minimum atomic E-state index is -0.293. The van der Waals surface area contributed by atoms with Gasteiger partial charge in [-0.15, -0.1) is 0 Å². The third-order valence-corrected chi connectivity index (χ3v) is 7.07. The van der Waals surface area contributed by atoms with Gasteiger partial charge in [0.15, 0.2) is 0 Å². The summed E-state index contributed by atoms with van der Waals surface area (Å²) >= 11 is 11.9. The van der Waals surface area contributed by atoms with Crippen LogP contribution in [0.2, 0.25) is 10.0 Å². The number of carbonyl (C=O) groups excluding carboxylic acids is 3. The summed E-state index contributed by atoms with van der Waals surface area (Å²) in [4.78, 5) is 39.3. The first-order valence-corrected chi connectivity index (χ1v) is 10.00. The largest absolute Gasteiger partial charge is 0.325 e. The van der Waals surface area contributed by atoms with E-state index in [1.54, 1.807) is 18.2 Å². The van der Waals surface area contributed by atoms with E-state index in [4.69, 9.17) is 23.2 Å². The Morgan fingerprint density at radius 2 is 1.70 bits per heavy atom. The van der Waals surface area contributed by atoms with Crippen molar-refractivity contribution in [2.75, 3.05) is 11.9 Å². The number of likely N-dealkylation sites (tertiary alicyclic amines) is 1. The van der Waals surface area contributed by atoms with Crippen molar-refractivity contribution in [2.24, 2.45) is 35.5 Å². The van der Waals surface area contributed by atoms with Crippen LogP contribution in [-0.4, -0.2) is 29.2 Å². The Morgan fingerprint density at radius 3 is 2.30 bits per heavy atom. The van der Waals surface area contributed by atoms with Gasteiger partial charge in [0.2, 0.25) is 17.7 Å². The number of carbonyl (C=O) groups is 3. The van der Waals surface area contributed by atoms with E-state index in [9.17, 15) is 14.4 Å². The Labute approximate surface area is 166 Å². The summed E-state index contributed by atoms with van der Waals surface area (Å²) < 4.78 is 0. The number of halogens is 2. The van der Waals surface area contributed by atoms with E-state index in [1.165, 1.54) is 4.90 Å². The Bertz CT molecular complexity index is 863. The Kier molecular flexibility index (Phi) is 3.89. The number of anilines is 1. The lowest BCUT2D eigenvalue weighted by Gasteiger charge is -2.37. The normalized spacial score (nSPS) is 35.3. The lowest BCUT2D eigenvalue weighted by atomic mass is 9.63. The summed E-state index contributed by atoms with van der Waals surface area (Å²) in [6.45, 7) is 0.108. The highest BCUT2D eigenvalue weighted by Gasteiger charge is 2.66. The van der Waals surface area contributed by atoms with E-state index in [0.29, 0.717) is 27.6 Å². The van der Waals surface area contributed by atoms with Crippen LogP contribution in [-0.2, 0) is 14.4 Å². The maximum absolute atomic E-state index is 12.9. The lowest BCUT2D eigenvalue weighted by Crippen LogP contribution is -2.40. The molecule has 4 aliphatic carbocycles. The molecule has 3 fully saturated rings. The smallest absolute Gasteiger partial charge is 0.233 e. The van der Waals surface area contributed by atoms with Gasteiger partial charge in [-0.05, 0) is 48.3 Å². The molecule has 1 aromatic rings. The lowest BCUT2D eigenvalue weighted by molar-refractivity contribution is -0.140. The van der Waals surface area contributed by atoms with Gasteiger partial charge in [-0.1, -0.05) is 35.4 Å². The maximum atomic E-state index is 12.9. The van der Waals surface area contributed by atoms with E-state index >= 15 is 0 Å². The summed E-state index contributed by atoms with van der Waals surface area (Å²) in [5.41, 5.74) is 0.459. The average Bonchev–Trinajstić information content (AvgIpc) is 3.41. The second kappa shape index (κ2) is 6.08. The monoisotopic (exact) mass is 404 g/mol. The minimum Gasteiger partial charge on any atom is -0.325 e. The molecule has 7 heteroatoms. The second-order valence-corrected chi connectivity index (χ2v) is 8.75. The number of hydrogen-bond acceptors (Lipinski definition) is 3. The van der Waals surface area contributed by atoms with Gasteiger partial charge in [0, 0.05) is 18.0 Å². The van der Waals surface area contributed by atoms with Crippen LogP contribution in [0.25, 0.3) is 0 Å². The number of nitrogens with one attached hydrogen (secondary N) is 1. The van der Waals surface area contributed by atoms with Gasteiger partial charge < -0.3 is 5.32 Å². The number of nitrogens with zero attached hydrogens (tertiary/aromatic N) is 1. The number of rotatable bonds is 4. The summed E-state index contributed by atoms with van der Waals surface area (Å²) in [6.07, 6.45) is 5.47. The van der Waals surface area contributed by atoms with Crippen LogP contribution in [0.5, 0.6) is 0 Å². The minimum absolute atomic E-state index is 0.0471. The van der Waals surface area contributed by atoms with Crippen LogP contribution < -0.4 is 5.32 Å². The first kappa shape index (κ1) is 17.3. The molecule has 6 atom stereocenters. The summed E-state index contributed by atoms with van der Waals surface area (Å²) in [6, 6.07) is 4.80. The fourth-order valence-electron chi connectivity index (χ4n) is 5.26. The highest BCUT2D eigenvalue weighted by atomic mass is 35.5. The second-order valence-electron chi connectivity index (χ2n) is 7.91. The Hall–Kier alpha value is -1.85. The molecule has 27 heavy (non-hydrogen) atoms. The van der Waals surface area contributed by atoms with E-state index in [-0.39, 0.29) is 54.4 Å². The standard InChI is InChI=1S/C20H18Cl2N2O3/c21-9-1-4-15(14(22)7-9)23-16(25)5-6-24-19(26)17-10-2-3-11(13-8-12(10)13)18(17)20(24)27/h1-4,7,10-13,17-18H,5-6,8H2,(H,23,25)/t10-,11-,12-,13-,17+,18+/m0/s1. The van der Waals surface area contributed by atoms with E-state index in [1.807, 2.05) is 0 Å².